The summed E-state index contributed by atoms with van der Waals surface area (Å²) >= 11 is 14.6. The molecule has 2 unspecified atom stereocenters. The standard InChI is InChI=1S/C74H84N2O4S8/c1-7-13-17-19-21-23-39-79-73(77)51(47-75)43-55-27-31-59(81-55)61-35-37-63(85-61)67-45-57-69(65-33-29-53(83-65)41-49(11-5)25-15-9-3)72-58(70(71(57)87-67)66-34-30-54(84-66)42-50(12-6)26-16-10-4)46-68(88-72)64-38-36-62(86-64)60-32-28-56(82-60)44-52(48-76)74(78)80-40-24-22-20-18-14-8-2/h27-38,43-46,49-50H,7-26,39-42H2,1-6H3/b51-43+,52-44+. The van der Waals surface area contributed by atoms with Crippen molar-refractivity contribution < 1.29 is 19.1 Å². The Morgan fingerprint density at radius 2 is 0.761 bits per heavy atom. The highest BCUT2D eigenvalue weighted by Gasteiger charge is 2.26. The number of unbranched alkanes of at least 4 members (excludes halogenated alkanes) is 12. The zero-order chi connectivity index (χ0) is 61.8. The van der Waals surface area contributed by atoms with Gasteiger partial charge in [-0.1, -0.05) is 157 Å². The van der Waals surface area contributed by atoms with E-state index >= 15 is 0 Å². The van der Waals surface area contributed by atoms with Crippen molar-refractivity contribution >= 4 is 135 Å². The lowest BCUT2D eigenvalue weighted by atomic mass is 9.95. The summed E-state index contributed by atoms with van der Waals surface area (Å²) in [6, 6.07) is 36.0. The van der Waals surface area contributed by atoms with Crippen LogP contribution in [0.3, 0.4) is 0 Å². The van der Waals surface area contributed by atoms with Crippen molar-refractivity contribution in [1.29, 1.82) is 10.5 Å². The summed E-state index contributed by atoms with van der Waals surface area (Å²) in [6.45, 7) is 14.4. The van der Waals surface area contributed by atoms with E-state index in [1.165, 1.54) is 160 Å². The quantitative estimate of drug-likeness (QED) is 0.0168. The monoisotopic (exact) mass is 1320 g/mol. The molecule has 0 aliphatic carbocycles. The minimum Gasteiger partial charge on any atom is -0.462 e. The van der Waals surface area contributed by atoms with Crippen LogP contribution in [0.15, 0.2) is 96.1 Å². The van der Waals surface area contributed by atoms with Crippen LogP contribution in [0.5, 0.6) is 0 Å². The van der Waals surface area contributed by atoms with Gasteiger partial charge in [0.2, 0.25) is 0 Å². The van der Waals surface area contributed by atoms with E-state index in [1.54, 1.807) is 57.5 Å². The van der Waals surface area contributed by atoms with Crippen molar-refractivity contribution in [2.45, 2.75) is 183 Å². The zero-order valence-corrected chi connectivity index (χ0v) is 58.7. The minimum absolute atomic E-state index is 0.0302. The van der Waals surface area contributed by atoms with Crippen LogP contribution in [-0.2, 0) is 31.9 Å². The largest absolute Gasteiger partial charge is 0.462 e. The molecule has 6 nitrogen and oxygen atoms in total. The minimum atomic E-state index is -0.554. The van der Waals surface area contributed by atoms with Crippen LogP contribution < -0.4 is 0 Å². The second-order valence-corrected chi connectivity index (χ2v) is 31.9. The summed E-state index contributed by atoms with van der Waals surface area (Å²) in [5.41, 5.74) is 2.71. The number of rotatable bonds is 36. The smallest absolute Gasteiger partial charge is 0.348 e. The van der Waals surface area contributed by atoms with Crippen LogP contribution in [0, 0.1) is 34.5 Å². The highest BCUT2D eigenvalue weighted by Crippen LogP contribution is 2.56. The van der Waals surface area contributed by atoms with Gasteiger partial charge in [0, 0.05) is 99.6 Å². The molecular weight excluding hydrogens is 1240 g/mol. The fourth-order valence-electron chi connectivity index (χ4n) is 11.3. The average molecular weight is 1320 g/mol. The highest BCUT2D eigenvalue weighted by molar-refractivity contribution is 7.31. The summed E-state index contributed by atoms with van der Waals surface area (Å²) in [5.74, 6) is 0.223. The van der Waals surface area contributed by atoms with Crippen molar-refractivity contribution in [2.24, 2.45) is 11.8 Å². The number of fused-ring (bicyclic) bond motifs is 2. The van der Waals surface area contributed by atoms with E-state index in [4.69, 9.17) is 9.47 Å². The normalized spacial score (nSPS) is 12.7. The molecular formula is C74H84N2O4S8. The topological polar surface area (TPSA) is 100 Å². The molecule has 0 aliphatic rings. The van der Waals surface area contributed by atoms with Gasteiger partial charge >= 0.3 is 11.9 Å². The molecule has 0 saturated carbocycles. The Balaban J connectivity index is 1.08. The number of nitrogens with zero attached hydrogens (tertiary/aromatic N) is 2. The van der Waals surface area contributed by atoms with E-state index in [2.05, 4.69) is 126 Å². The van der Waals surface area contributed by atoms with Gasteiger partial charge in [0.15, 0.2) is 0 Å². The zero-order valence-electron chi connectivity index (χ0n) is 52.2. The van der Waals surface area contributed by atoms with Gasteiger partial charge in [0.05, 0.1) is 13.2 Å². The van der Waals surface area contributed by atoms with Crippen LogP contribution in [0.4, 0.5) is 0 Å². The van der Waals surface area contributed by atoms with Crippen LogP contribution in [0.2, 0.25) is 0 Å². The van der Waals surface area contributed by atoms with Gasteiger partial charge in [-0.2, -0.15) is 10.5 Å². The van der Waals surface area contributed by atoms with Crippen LogP contribution in [-0.4, -0.2) is 25.2 Å². The molecule has 0 radical (unpaired) electrons. The average Bonchev–Trinajstić information content (AvgIpc) is 1.58. The number of carbonyl (C=O) groups excluding carboxylic acids is 2. The van der Waals surface area contributed by atoms with Crippen molar-refractivity contribution in [2.75, 3.05) is 13.2 Å². The van der Waals surface area contributed by atoms with E-state index < -0.39 is 11.9 Å². The number of ether oxygens (including phenoxy) is 2. The first-order chi connectivity index (χ1) is 43.1. The molecule has 0 amide bonds. The summed E-state index contributed by atoms with van der Waals surface area (Å²) in [4.78, 5) is 42.6. The Labute approximate surface area is 555 Å². The van der Waals surface area contributed by atoms with Gasteiger partial charge in [-0.3, -0.25) is 0 Å². The Kier molecular flexibility index (Phi) is 26.1. The molecule has 0 spiro atoms. The van der Waals surface area contributed by atoms with Gasteiger partial charge < -0.3 is 9.47 Å². The summed E-state index contributed by atoms with van der Waals surface area (Å²) < 4.78 is 13.7. The van der Waals surface area contributed by atoms with Crippen molar-refractivity contribution in [1.82, 2.24) is 0 Å². The lowest BCUT2D eigenvalue weighted by molar-refractivity contribution is -0.139. The third-order valence-electron chi connectivity index (χ3n) is 16.5. The van der Waals surface area contributed by atoms with Crippen LogP contribution in [0.25, 0.3) is 92.2 Å². The first-order valence-electron chi connectivity index (χ1n) is 32.3. The number of benzene rings is 1. The summed E-state index contributed by atoms with van der Waals surface area (Å²) in [7, 11) is 0. The van der Waals surface area contributed by atoms with Gasteiger partial charge in [0.1, 0.15) is 23.3 Å². The third-order valence-corrected chi connectivity index (χ3v) is 26.1. The lowest BCUT2D eigenvalue weighted by Crippen LogP contribution is -2.07. The fraction of sp³-hybridized carbons (Fsp3) is 0.432. The molecule has 1 aromatic carbocycles. The Morgan fingerprint density at radius 1 is 0.409 bits per heavy atom. The van der Waals surface area contributed by atoms with Gasteiger partial charge in [-0.15, -0.1) is 90.7 Å². The van der Waals surface area contributed by atoms with Gasteiger partial charge in [-0.05, 0) is 135 Å². The molecule has 14 heteroatoms. The number of hydrogen-bond acceptors (Lipinski definition) is 14. The second kappa shape index (κ2) is 34.2. The maximum Gasteiger partial charge on any atom is 0.348 e. The molecule has 9 aromatic rings. The Morgan fingerprint density at radius 3 is 1.15 bits per heavy atom. The first-order valence-corrected chi connectivity index (χ1v) is 38.8. The molecule has 462 valence electrons. The molecule has 8 heterocycles. The summed E-state index contributed by atoms with van der Waals surface area (Å²) in [6.07, 6.45) is 28.6. The SMILES string of the molecule is CCCCCCCCOC(=O)/C(C#N)=C/c1ccc(-c2ccc(-c3cc4c(-c5ccc(CC(CC)CCCC)s5)c5sc(-c6ccc(-c7ccc(/C=C(\C#N)C(=O)OCCCCCCCC)s7)s6)cc5c(-c5ccc(CC(CC)CCCC)s5)c4s3)s2)s1. The maximum atomic E-state index is 13.0. The predicted octanol–water partition coefficient (Wildman–Crippen LogP) is 25.6. The molecule has 0 N–H and O–H groups in total. The molecule has 8 aromatic heterocycles. The molecule has 2 atom stereocenters. The molecule has 0 saturated heterocycles. The lowest BCUT2D eigenvalue weighted by Gasteiger charge is -2.13. The van der Waals surface area contributed by atoms with Gasteiger partial charge in [-0.25, -0.2) is 9.59 Å². The number of esters is 2. The van der Waals surface area contributed by atoms with E-state index in [0.29, 0.717) is 25.0 Å². The van der Waals surface area contributed by atoms with Crippen molar-refractivity contribution in [3.8, 4) is 72.0 Å². The first kappa shape index (κ1) is 67.1. The van der Waals surface area contributed by atoms with Crippen molar-refractivity contribution in [3.63, 3.8) is 0 Å². The van der Waals surface area contributed by atoms with E-state index in [-0.39, 0.29) is 11.1 Å². The van der Waals surface area contributed by atoms with Crippen LogP contribution >= 0.6 is 90.7 Å². The van der Waals surface area contributed by atoms with E-state index in [1.807, 2.05) is 57.5 Å². The maximum absolute atomic E-state index is 13.0. The van der Waals surface area contributed by atoms with Gasteiger partial charge in [0.25, 0.3) is 0 Å². The number of carbonyl (C=O) groups is 2. The molecule has 0 aliphatic heterocycles. The fourth-order valence-corrected chi connectivity index (χ4v) is 20.6. The number of hydrogen-bond donors (Lipinski definition) is 0. The molecule has 0 bridgehead atoms. The number of thiophene rings is 8. The van der Waals surface area contributed by atoms with E-state index in [9.17, 15) is 20.1 Å². The second-order valence-electron chi connectivity index (χ2n) is 23.1. The van der Waals surface area contributed by atoms with Crippen molar-refractivity contribution in [3.05, 3.63) is 116 Å². The Bertz CT molecular complexity index is 3560. The third kappa shape index (κ3) is 17.6. The van der Waals surface area contributed by atoms with Crippen LogP contribution in [0.1, 0.15) is 189 Å². The molecule has 88 heavy (non-hydrogen) atoms. The number of nitriles is 2. The Hall–Kier alpha value is -5.26. The highest BCUT2D eigenvalue weighted by atomic mass is 32.1. The predicted molar refractivity (Wildman–Crippen MR) is 387 cm³/mol. The summed E-state index contributed by atoms with van der Waals surface area (Å²) in [5, 5.41) is 22.6. The van der Waals surface area contributed by atoms with E-state index in [0.717, 1.165) is 80.6 Å². The molecule has 9 rings (SSSR count). The molecule has 0 fully saturated rings.